The highest BCUT2D eigenvalue weighted by atomic mass is 16.6. The van der Waals surface area contributed by atoms with Gasteiger partial charge in [0.05, 0.1) is 0 Å². The molecule has 0 bridgehead atoms. The first-order chi connectivity index (χ1) is 12.6. The fourth-order valence-corrected chi connectivity index (χ4v) is 3.89. The first kappa shape index (κ1) is 16.5. The molecule has 0 saturated carbocycles. The van der Waals surface area contributed by atoms with Crippen molar-refractivity contribution in [2.75, 3.05) is 18.5 Å². The Bertz CT molecular complexity index is 975. The zero-order chi connectivity index (χ0) is 18.1. The Kier molecular flexibility index (Phi) is 4.08. The fourth-order valence-electron chi connectivity index (χ4n) is 3.89. The summed E-state index contributed by atoms with van der Waals surface area (Å²) in [5.41, 5.74) is 7.06. The van der Waals surface area contributed by atoms with Gasteiger partial charge in [0.1, 0.15) is 0 Å². The Balaban J connectivity index is 0.000000131. The lowest BCUT2D eigenvalue weighted by Crippen LogP contribution is -2.24. The van der Waals surface area contributed by atoms with Gasteiger partial charge in [-0.2, -0.15) is 0 Å². The number of nitrogens with zero attached hydrogens (tertiary/aromatic N) is 1. The van der Waals surface area contributed by atoms with Crippen LogP contribution in [0.15, 0.2) is 66.9 Å². The van der Waals surface area contributed by atoms with E-state index < -0.39 is 0 Å². The third-order valence-corrected chi connectivity index (χ3v) is 5.09. The largest absolute Gasteiger partial charge is 0.382 e. The van der Waals surface area contributed by atoms with Gasteiger partial charge in [0.2, 0.25) is 0 Å². The monoisotopic (exact) mass is 344 g/mol. The van der Waals surface area contributed by atoms with Crippen LogP contribution >= 0.6 is 0 Å². The third kappa shape index (κ3) is 2.90. The molecule has 3 nitrogen and oxygen atoms in total. The van der Waals surface area contributed by atoms with Gasteiger partial charge in [-0.15, -0.1) is 0 Å². The molecular formula is C23H24N2O. The number of nitrogens with one attached hydrogen (secondary N) is 1. The fraction of sp³-hybridized carbons (Fsp3) is 0.217. The van der Waals surface area contributed by atoms with Gasteiger partial charge in [-0.1, -0.05) is 62.4 Å². The molecule has 132 valence electrons. The van der Waals surface area contributed by atoms with Gasteiger partial charge in [-0.25, -0.2) is 5.48 Å². The van der Waals surface area contributed by atoms with Crippen LogP contribution in [0.25, 0.3) is 16.8 Å². The molecule has 3 aromatic carbocycles. The lowest BCUT2D eigenvalue weighted by molar-refractivity contribution is 0.239. The van der Waals surface area contributed by atoms with Gasteiger partial charge in [-0.05, 0) is 34.5 Å². The average Bonchev–Trinajstić information content (AvgIpc) is 2.91. The van der Waals surface area contributed by atoms with Crippen molar-refractivity contribution < 1.29 is 4.84 Å². The minimum Gasteiger partial charge on any atom is -0.382 e. The quantitative estimate of drug-likeness (QED) is 0.612. The minimum absolute atomic E-state index is 0.325. The van der Waals surface area contributed by atoms with Crippen LogP contribution in [0.1, 0.15) is 25.0 Å². The molecule has 5 rings (SSSR count). The summed E-state index contributed by atoms with van der Waals surface area (Å²) in [7, 11) is 2.16. The van der Waals surface area contributed by atoms with E-state index >= 15 is 0 Å². The molecule has 0 aliphatic carbocycles. The number of likely N-dealkylation sites (N-methyl/N-ethyl adjacent to an activating group) is 1. The van der Waals surface area contributed by atoms with Gasteiger partial charge < -0.3 is 9.74 Å². The topological polar surface area (TPSA) is 24.5 Å². The Labute approximate surface area is 154 Å². The van der Waals surface area contributed by atoms with E-state index in [1.165, 1.54) is 22.0 Å². The summed E-state index contributed by atoms with van der Waals surface area (Å²) >= 11 is 0. The molecule has 0 amide bonds. The van der Waals surface area contributed by atoms with Crippen LogP contribution in [0.4, 0.5) is 5.69 Å². The van der Waals surface area contributed by atoms with E-state index in [1.807, 2.05) is 24.3 Å². The van der Waals surface area contributed by atoms with E-state index in [9.17, 15) is 0 Å². The Morgan fingerprint density at radius 1 is 0.962 bits per heavy atom. The van der Waals surface area contributed by atoms with Crippen molar-refractivity contribution >= 4 is 22.5 Å². The Morgan fingerprint density at radius 2 is 1.73 bits per heavy atom. The molecule has 1 N–H and O–H groups in total. The first-order valence-corrected chi connectivity index (χ1v) is 8.97. The van der Waals surface area contributed by atoms with Crippen molar-refractivity contribution in [3.8, 4) is 5.75 Å². The average molecular weight is 344 g/mol. The van der Waals surface area contributed by atoms with Crippen LogP contribution in [0.3, 0.4) is 0 Å². The molecule has 0 atom stereocenters. The number of benzene rings is 3. The van der Waals surface area contributed by atoms with Crippen LogP contribution in [0.2, 0.25) is 0 Å². The molecule has 3 aromatic rings. The minimum atomic E-state index is 0.325. The number of anilines is 1. The number of hydroxylamine groups is 1. The van der Waals surface area contributed by atoms with E-state index in [4.69, 9.17) is 4.84 Å². The summed E-state index contributed by atoms with van der Waals surface area (Å²) < 4.78 is 0. The molecule has 2 aliphatic rings. The van der Waals surface area contributed by atoms with E-state index in [0.29, 0.717) is 5.41 Å². The van der Waals surface area contributed by atoms with Gasteiger partial charge in [0, 0.05) is 36.5 Å². The number of rotatable bonds is 0. The molecule has 2 heterocycles. The molecule has 0 spiro atoms. The van der Waals surface area contributed by atoms with Crippen LogP contribution in [0.5, 0.6) is 5.75 Å². The van der Waals surface area contributed by atoms with E-state index in [2.05, 4.69) is 73.7 Å². The highest BCUT2D eigenvalue weighted by Crippen LogP contribution is 2.38. The number of para-hydroxylation sites is 1. The predicted molar refractivity (Wildman–Crippen MR) is 109 cm³/mol. The maximum atomic E-state index is 5.29. The smallest absolute Gasteiger partial charge is 0.162 e. The highest BCUT2D eigenvalue weighted by Gasteiger charge is 2.32. The molecular weight excluding hydrogens is 320 g/mol. The number of hydrogen-bond acceptors (Lipinski definition) is 3. The molecule has 0 radical (unpaired) electrons. The maximum absolute atomic E-state index is 5.29. The highest BCUT2D eigenvalue weighted by molar-refractivity contribution is 5.93. The molecule has 0 saturated heterocycles. The van der Waals surface area contributed by atoms with Gasteiger partial charge in [0.25, 0.3) is 0 Å². The summed E-state index contributed by atoms with van der Waals surface area (Å²) in [5, 5.41) is 2.46. The lowest BCUT2D eigenvalue weighted by Gasteiger charge is -2.18. The van der Waals surface area contributed by atoms with E-state index in [0.717, 1.165) is 17.9 Å². The second-order valence-electron chi connectivity index (χ2n) is 7.51. The van der Waals surface area contributed by atoms with Crippen molar-refractivity contribution in [3.05, 3.63) is 78.0 Å². The summed E-state index contributed by atoms with van der Waals surface area (Å²) in [6, 6.07) is 21.0. The summed E-state index contributed by atoms with van der Waals surface area (Å²) in [4.78, 5) is 7.62. The summed E-state index contributed by atoms with van der Waals surface area (Å²) in [5.74, 6) is 0.881. The van der Waals surface area contributed by atoms with E-state index in [-0.39, 0.29) is 0 Å². The molecule has 0 aromatic heterocycles. The standard InChI is InChI=1S/C12H9NO.C11H15N/c1-2-4-10-9(3-1)5-6-12-11(10)7-8-13-14-12;1-11(2)8-12(3)10-7-5-4-6-9(10)11/h1-8,13H;4-7H,8H2,1-3H3. The molecule has 0 fully saturated rings. The van der Waals surface area contributed by atoms with Crippen molar-refractivity contribution in [1.29, 1.82) is 0 Å². The van der Waals surface area contributed by atoms with Crippen LogP contribution in [-0.2, 0) is 5.41 Å². The third-order valence-electron chi connectivity index (χ3n) is 5.09. The normalized spacial score (nSPS) is 16.0. The second kappa shape index (κ2) is 6.41. The molecule has 2 aliphatic heterocycles. The summed E-state index contributed by atoms with van der Waals surface area (Å²) in [6.07, 6.45) is 3.83. The number of fused-ring (bicyclic) bond motifs is 4. The van der Waals surface area contributed by atoms with Crippen molar-refractivity contribution in [2.45, 2.75) is 19.3 Å². The van der Waals surface area contributed by atoms with Gasteiger partial charge in [-0.3, -0.25) is 0 Å². The SMILES string of the molecule is C1=Cc2c(ccc3ccccc23)ON1.CN1CC(C)(C)c2ccccc21. The zero-order valence-electron chi connectivity index (χ0n) is 15.5. The number of hydrogen-bond donors (Lipinski definition) is 1. The molecule has 26 heavy (non-hydrogen) atoms. The van der Waals surface area contributed by atoms with Crippen LogP contribution in [-0.4, -0.2) is 13.6 Å². The first-order valence-electron chi connectivity index (χ1n) is 8.97. The van der Waals surface area contributed by atoms with E-state index in [1.54, 1.807) is 6.20 Å². The lowest BCUT2D eigenvalue weighted by atomic mass is 9.87. The Hall–Kier alpha value is -2.94. The van der Waals surface area contributed by atoms with Crippen LogP contribution in [0, 0.1) is 0 Å². The summed E-state index contributed by atoms with van der Waals surface area (Å²) in [6.45, 7) is 5.73. The predicted octanol–water partition coefficient (Wildman–Crippen LogP) is 5.12. The molecule has 3 heteroatoms. The maximum Gasteiger partial charge on any atom is 0.162 e. The van der Waals surface area contributed by atoms with Crippen molar-refractivity contribution in [1.82, 2.24) is 5.48 Å². The van der Waals surface area contributed by atoms with Gasteiger partial charge >= 0.3 is 0 Å². The Morgan fingerprint density at radius 3 is 2.58 bits per heavy atom. The van der Waals surface area contributed by atoms with Gasteiger partial charge in [0.15, 0.2) is 5.75 Å². The second-order valence-corrected chi connectivity index (χ2v) is 7.51. The molecule has 0 unspecified atom stereocenters. The van der Waals surface area contributed by atoms with Crippen LogP contribution < -0.4 is 15.2 Å². The van der Waals surface area contributed by atoms with Crippen molar-refractivity contribution in [2.24, 2.45) is 0 Å². The zero-order valence-corrected chi connectivity index (χ0v) is 15.5. The van der Waals surface area contributed by atoms with Crippen molar-refractivity contribution in [3.63, 3.8) is 0 Å².